The van der Waals surface area contributed by atoms with Crippen LogP contribution in [0, 0.1) is 11.3 Å². The number of guanidine groups is 1. The van der Waals surface area contributed by atoms with E-state index in [1.807, 2.05) is 32.7 Å². The van der Waals surface area contributed by atoms with E-state index < -0.39 is 5.41 Å². The Morgan fingerprint density at radius 2 is 2.00 bits per heavy atom. The van der Waals surface area contributed by atoms with Crippen molar-refractivity contribution in [1.29, 1.82) is 0 Å². The Balaban J connectivity index is 0.00000484. The standard InChI is InChI=1S/C16H32N4O2.HI/c1-6-18-14(21)16(2,3)12-19-15(17-4)20(5)9-10-22-11-13-7-8-13;/h13H,6-12H2,1-5H3,(H,17,19)(H,18,21);1H. The summed E-state index contributed by atoms with van der Waals surface area (Å²) in [5.74, 6) is 1.63. The average molecular weight is 440 g/mol. The highest BCUT2D eigenvalue weighted by Crippen LogP contribution is 2.28. The zero-order valence-electron chi connectivity index (χ0n) is 15.1. The summed E-state index contributed by atoms with van der Waals surface area (Å²) in [5, 5.41) is 6.13. The lowest BCUT2D eigenvalue weighted by molar-refractivity contribution is -0.128. The van der Waals surface area contributed by atoms with Crippen LogP contribution in [-0.2, 0) is 9.53 Å². The summed E-state index contributed by atoms with van der Waals surface area (Å²) < 4.78 is 5.65. The van der Waals surface area contributed by atoms with Crippen LogP contribution in [0.1, 0.15) is 33.6 Å². The number of aliphatic imine (C=N–C) groups is 1. The molecule has 7 heteroatoms. The number of amides is 1. The largest absolute Gasteiger partial charge is 0.379 e. The lowest BCUT2D eigenvalue weighted by Crippen LogP contribution is -2.48. The average Bonchev–Trinajstić information content (AvgIpc) is 3.28. The highest BCUT2D eigenvalue weighted by atomic mass is 127. The Morgan fingerprint density at radius 3 is 2.52 bits per heavy atom. The van der Waals surface area contributed by atoms with E-state index in [4.69, 9.17) is 4.74 Å². The normalized spacial score (nSPS) is 14.9. The van der Waals surface area contributed by atoms with E-state index in [2.05, 4.69) is 15.6 Å². The summed E-state index contributed by atoms with van der Waals surface area (Å²) in [6, 6.07) is 0. The monoisotopic (exact) mass is 440 g/mol. The highest BCUT2D eigenvalue weighted by molar-refractivity contribution is 14.0. The smallest absolute Gasteiger partial charge is 0.227 e. The fourth-order valence-electron chi connectivity index (χ4n) is 2.01. The van der Waals surface area contributed by atoms with Crippen LogP contribution in [0.5, 0.6) is 0 Å². The van der Waals surface area contributed by atoms with Crippen LogP contribution in [0.15, 0.2) is 4.99 Å². The van der Waals surface area contributed by atoms with Crippen LogP contribution < -0.4 is 10.6 Å². The first-order chi connectivity index (χ1) is 10.4. The third-order valence-electron chi connectivity index (χ3n) is 3.84. The van der Waals surface area contributed by atoms with Crippen molar-refractivity contribution in [3.05, 3.63) is 0 Å². The Hall–Kier alpha value is -0.570. The quantitative estimate of drug-likeness (QED) is 0.248. The molecule has 0 aromatic carbocycles. The third-order valence-corrected chi connectivity index (χ3v) is 3.84. The van der Waals surface area contributed by atoms with Gasteiger partial charge in [-0.2, -0.15) is 0 Å². The Morgan fingerprint density at radius 1 is 1.35 bits per heavy atom. The van der Waals surface area contributed by atoms with Gasteiger partial charge in [-0.1, -0.05) is 0 Å². The Kier molecular flexibility index (Phi) is 10.8. The van der Waals surface area contributed by atoms with Crippen LogP contribution in [-0.4, -0.2) is 63.7 Å². The molecule has 1 fully saturated rings. The first-order valence-corrected chi connectivity index (χ1v) is 8.18. The summed E-state index contributed by atoms with van der Waals surface area (Å²) in [5.41, 5.74) is -0.477. The molecule has 0 aliphatic heterocycles. The molecule has 2 N–H and O–H groups in total. The number of carbonyl (C=O) groups excluding carboxylic acids is 1. The Bertz CT molecular complexity index is 384. The van der Waals surface area contributed by atoms with Gasteiger partial charge in [-0.15, -0.1) is 24.0 Å². The first-order valence-electron chi connectivity index (χ1n) is 8.18. The fraction of sp³-hybridized carbons (Fsp3) is 0.875. The van der Waals surface area contributed by atoms with Gasteiger partial charge in [0.15, 0.2) is 5.96 Å². The number of hydrogen-bond acceptors (Lipinski definition) is 3. The molecule has 6 nitrogen and oxygen atoms in total. The molecular formula is C16H33IN4O2. The molecule has 0 aromatic heterocycles. The van der Waals surface area contributed by atoms with Crippen LogP contribution in [0.25, 0.3) is 0 Å². The number of ether oxygens (including phenoxy) is 1. The summed E-state index contributed by atoms with van der Waals surface area (Å²) >= 11 is 0. The molecule has 23 heavy (non-hydrogen) atoms. The van der Waals surface area contributed by atoms with E-state index in [1.54, 1.807) is 7.05 Å². The lowest BCUT2D eigenvalue weighted by Gasteiger charge is -2.28. The van der Waals surface area contributed by atoms with Crippen molar-refractivity contribution in [2.75, 3.05) is 46.9 Å². The molecule has 1 rings (SSSR count). The molecule has 1 amide bonds. The molecule has 0 aromatic rings. The summed E-state index contributed by atoms with van der Waals surface area (Å²) in [7, 11) is 3.73. The summed E-state index contributed by atoms with van der Waals surface area (Å²) in [6.07, 6.45) is 2.63. The van der Waals surface area contributed by atoms with Crippen molar-refractivity contribution < 1.29 is 9.53 Å². The van der Waals surface area contributed by atoms with Crippen molar-refractivity contribution in [3.8, 4) is 0 Å². The van der Waals surface area contributed by atoms with Gasteiger partial charge in [0.1, 0.15) is 0 Å². The predicted octanol–water partition coefficient (Wildman–Crippen LogP) is 1.70. The van der Waals surface area contributed by atoms with E-state index in [0.717, 1.165) is 25.0 Å². The minimum atomic E-state index is -0.477. The van der Waals surface area contributed by atoms with Gasteiger partial charge in [0.2, 0.25) is 5.91 Å². The zero-order chi connectivity index (χ0) is 16.6. The molecule has 1 aliphatic carbocycles. The van der Waals surface area contributed by atoms with Crippen molar-refractivity contribution in [1.82, 2.24) is 15.5 Å². The first kappa shape index (κ1) is 22.4. The van der Waals surface area contributed by atoms with Gasteiger partial charge >= 0.3 is 0 Å². The summed E-state index contributed by atoms with van der Waals surface area (Å²) in [4.78, 5) is 18.3. The molecule has 0 atom stereocenters. The van der Waals surface area contributed by atoms with Crippen molar-refractivity contribution in [2.45, 2.75) is 33.6 Å². The van der Waals surface area contributed by atoms with Crippen LogP contribution in [0.2, 0.25) is 0 Å². The van der Waals surface area contributed by atoms with E-state index in [1.165, 1.54) is 12.8 Å². The number of hydrogen-bond donors (Lipinski definition) is 2. The molecular weight excluding hydrogens is 407 g/mol. The number of halogens is 1. The molecule has 1 saturated carbocycles. The van der Waals surface area contributed by atoms with E-state index in [0.29, 0.717) is 19.7 Å². The lowest BCUT2D eigenvalue weighted by atomic mass is 9.92. The number of nitrogens with one attached hydrogen (secondary N) is 2. The van der Waals surface area contributed by atoms with E-state index >= 15 is 0 Å². The molecule has 0 spiro atoms. The number of rotatable bonds is 9. The number of carbonyl (C=O) groups is 1. The number of nitrogens with zero attached hydrogens (tertiary/aromatic N) is 2. The van der Waals surface area contributed by atoms with Crippen molar-refractivity contribution in [2.24, 2.45) is 16.3 Å². The molecule has 136 valence electrons. The van der Waals surface area contributed by atoms with Gasteiger partial charge < -0.3 is 20.3 Å². The fourth-order valence-corrected chi connectivity index (χ4v) is 2.01. The minimum Gasteiger partial charge on any atom is -0.379 e. The molecule has 0 heterocycles. The maximum atomic E-state index is 12.0. The van der Waals surface area contributed by atoms with Crippen LogP contribution in [0.4, 0.5) is 0 Å². The molecule has 1 aliphatic rings. The molecule has 0 bridgehead atoms. The van der Waals surface area contributed by atoms with Gasteiger partial charge in [-0.05, 0) is 39.5 Å². The van der Waals surface area contributed by atoms with Crippen molar-refractivity contribution >= 4 is 35.8 Å². The zero-order valence-corrected chi connectivity index (χ0v) is 17.5. The predicted molar refractivity (Wildman–Crippen MR) is 105 cm³/mol. The van der Waals surface area contributed by atoms with Crippen molar-refractivity contribution in [3.63, 3.8) is 0 Å². The molecule has 0 unspecified atom stereocenters. The van der Waals surface area contributed by atoms with Gasteiger partial charge in [-0.25, -0.2) is 0 Å². The molecule has 0 radical (unpaired) electrons. The maximum Gasteiger partial charge on any atom is 0.227 e. The van der Waals surface area contributed by atoms with Crippen LogP contribution >= 0.6 is 24.0 Å². The molecule has 0 saturated heterocycles. The second kappa shape index (κ2) is 11.1. The van der Waals surface area contributed by atoms with Gasteiger partial charge in [0.25, 0.3) is 0 Å². The summed E-state index contributed by atoms with van der Waals surface area (Å²) in [6.45, 7) is 9.34. The van der Waals surface area contributed by atoms with E-state index in [9.17, 15) is 4.79 Å². The Labute approximate surface area is 157 Å². The minimum absolute atomic E-state index is 0. The SMILES string of the molecule is CCNC(=O)C(C)(C)CNC(=NC)N(C)CCOCC1CC1.I. The second-order valence-electron chi connectivity index (χ2n) is 6.58. The maximum absolute atomic E-state index is 12.0. The second-order valence-corrected chi connectivity index (χ2v) is 6.58. The van der Waals surface area contributed by atoms with Gasteiger partial charge in [0.05, 0.1) is 12.0 Å². The third kappa shape index (κ3) is 8.74. The van der Waals surface area contributed by atoms with Crippen LogP contribution in [0.3, 0.4) is 0 Å². The topological polar surface area (TPSA) is 66.0 Å². The van der Waals surface area contributed by atoms with Gasteiger partial charge in [-0.3, -0.25) is 9.79 Å². The number of likely N-dealkylation sites (N-methyl/N-ethyl adjacent to an activating group) is 1. The van der Waals surface area contributed by atoms with Gasteiger partial charge in [0, 0.05) is 40.3 Å². The van der Waals surface area contributed by atoms with E-state index in [-0.39, 0.29) is 29.9 Å². The highest BCUT2D eigenvalue weighted by Gasteiger charge is 2.27.